The Bertz CT molecular complexity index is 649. The van der Waals surface area contributed by atoms with Gasteiger partial charge >= 0.3 is 0 Å². The van der Waals surface area contributed by atoms with E-state index in [2.05, 4.69) is 53.6 Å². The lowest BCUT2D eigenvalue weighted by atomic mass is 10.1. The van der Waals surface area contributed by atoms with Gasteiger partial charge in [0.2, 0.25) is 5.91 Å². The zero-order chi connectivity index (χ0) is 16.8. The lowest BCUT2D eigenvalue weighted by molar-refractivity contribution is -0.130. The number of benzene rings is 1. The highest BCUT2D eigenvalue weighted by molar-refractivity contribution is 7.99. The van der Waals surface area contributed by atoms with Crippen molar-refractivity contribution >= 4 is 29.0 Å². The molecule has 1 aromatic heterocycles. The molecule has 128 valence electrons. The van der Waals surface area contributed by atoms with E-state index in [0.29, 0.717) is 5.75 Å². The van der Waals surface area contributed by atoms with Gasteiger partial charge in [-0.3, -0.25) is 9.69 Å². The van der Waals surface area contributed by atoms with Crippen molar-refractivity contribution in [2.75, 3.05) is 31.9 Å². The number of hydrogen-bond acceptors (Lipinski definition) is 4. The number of thioether (sulfide) groups is 1. The molecule has 3 nitrogen and oxygen atoms in total. The first-order valence-corrected chi connectivity index (χ1v) is 10.4. The molecule has 0 bridgehead atoms. The summed E-state index contributed by atoms with van der Waals surface area (Å²) in [5.74, 6) is 1.78. The molecule has 1 fully saturated rings. The summed E-state index contributed by atoms with van der Waals surface area (Å²) in [4.78, 5) is 18.3. The van der Waals surface area contributed by atoms with Crippen molar-refractivity contribution in [2.45, 2.75) is 19.2 Å². The van der Waals surface area contributed by atoms with Crippen molar-refractivity contribution in [1.82, 2.24) is 9.80 Å². The summed E-state index contributed by atoms with van der Waals surface area (Å²) in [6, 6.07) is 12.7. The van der Waals surface area contributed by atoms with Crippen molar-refractivity contribution in [2.24, 2.45) is 0 Å². The molecule has 3 rings (SSSR count). The zero-order valence-electron chi connectivity index (χ0n) is 14.1. The highest BCUT2D eigenvalue weighted by Gasteiger charge is 2.21. The topological polar surface area (TPSA) is 23.6 Å². The van der Waals surface area contributed by atoms with Gasteiger partial charge in [-0.25, -0.2) is 0 Å². The smallest absolute Gasteiger partial charge is 0.232 e. The monoisotopic (exact) mass is 360 g/mol. The minimum atomic E-state index is 0.282. The normalized spacial score (nSPS) is 15.6. The number of rotatable bonds is 6. The van der Waals surface area contributed by atoms with Crippen LogP contribution in [0, 0.1) is 6.92 Å². The summed E-state index contributed by atoms with van der Waals surface area (Å²) in [7, 11) is 0. The molecular formula is C19H24N2OS2. The number of carbonyl (C=O) groups excluding carboxylic acids is 1. The van der Waals surface area contributed by atoms with Crippen molar-refractivity contribution in [3.8, 4) is 0 Å². The molecule has 5 heteroatoms. The van der Waals surface area contributed by atoms with Gasteiger partial charge in [0, 0.05) is 43.4 Å². The fraction of sp³-hybridized carbons (Fsp3) is 0.421. The van der Waals surface area contributed by atoms with Gasteiger partial charge in [0.15, 0.2) is 0 Å². The van der Waals surface area contributed by atoms with E-state index in [1.54, 1.807) is 11.8 Å². The van der Waals surface area contributed by atoms with Crippen molar-refractivity contribution in [1.29, 1.82) is 0 Å². The van der Waals surface area contributed by atoms with Crippen LogP contribution in [0.4, 0.5) is 0 Å². The molecule has 0 aliphatic carbocycles. The van der Waals surface area contributed by atoms with Crippen LogP contribution in [0.2, 0.25) is 0 Å². The standard InChI is InChI=1S/C19H24N2OS2/c1-16-5-2-3-6-17(16)14-23-15-19(22)21-10-8-20(9-11-21)13-18-7-4-12-24-18/h2-7,12H,8-11,13-15H2,1H3. The second-order valence-corrected chi connectivity index (χ2v) is 8.17. The molecule has 1 aliphatic heterocycles. The number of hydrogen-bond donors (Lipinski definition) is 0. The lowest BCUT2D eigenvalue weighted by Crippen LogP contribution is -2.48. The summed E-state index contributed by atoms with van der Waals surface area (Å²) < 4.78 is 0. The van der Waals surface area contributed by atoms with Crippen LogP contribution in [0.25, 0.3) is 0 Å². The Kier molecular flexibility index (Phi) is 6.35. The lowest BCUT2D eigenvalue weighted by Gasteiger charge is -2.34. The third-order valence-electron chi connectivity index (χ3n) is 4.43. The maximum atomic E-state index is 12.4. The minimum absolute atomic E-state index is 0.282. The van der Waals surface area contributed by atoms with E-state index in [9.17, 15) is 4.79 Å². The fourth-order valence-electron chi connectivity index (χ4n) is 2.89. The zero-order valence-corrected chi connectivity index (χ0v) is 15.7. The van der Waals surface area contributed by atoms with Gasteiger partial charge in [-0.15, -0.1) is 23.1 Å². The molecule has 1 aliphatic rings. The van der Waals surface area contributed by atoms with Crippen LogP contribution in [0.15, 0.2) is 41.8 Å². The average molecular weight is 361 g/mol. The predicted molar refractivity (Wildman–Crippen MR) is 104 cm³/mol. The van der Waals surface area contributed by atoms with Crippen LogP contribution in [-0.4, -0.2) is 47.6 Å². The molecule has 0 radical (unpaired) electrons. The molecule has 1 amide bonds. The van der Waals surface area contributed by atoms with E-state index in [1.807, 2.05) is 16.2 Å². The van der Waals surface area contributed by atoms with Crippen LogP contribution in [0.5, 0.6) is 0 Å². The molecule has 0 atom stereocenters. The first-order valence-electron chi connectivity index (χ1n) is 8.37. The number of amides is 1. The Hall–Kier alpha value is -1.30. The molecule has 0 unspecified atom stereocenters. The molecule has 24 heavy (non-hydrogen) atoms. The van der Waals surface area contributed by atoms with Gasteiger partial charge in [0.05, 0.1) is 5.75 Å². The number of thiophene rings is 1. The van der Waals surface area contributed by atoms with E-state index >= 15 is 0 Å². The van der Waals surface area contributed by atoms with Gasteiger partial charge in [-0.05, 0) is 29.5 Å². The van der Waals surface area contributed by atoms with E-state index in [4.69, 9.17) is 0 Å². The minimum Gasteiger partial charge on any atom is -0.339 e. The second kappa shape index (κ2) is 8.70. The number of aryl methyl sites for hydroxylation is 1. The van der Waals surface area contributed by atoms with Crippen molar-refractivity contribution < 1.29 is 4.79 Å². The average Bonchev–Trinajstić information content (AvgIpc) is 3.10. The maximum absolute atomic E-state index is 12.4. The Morgan fingerprint density at radius 3 is 2.62 bits per heavy atom. The van der Waals surface area contributed by atoms with Crippen LogP contribution in [-0.2, 0) is 17.1 Å². The van der Waals surface area contributed by atoms with Gasteiger partial charge < -0.3 is 4.90 Å². The predicted octanol–water partition coefficient (Wildman–Crippen LogP) is 3.63. The van der Waals surface area contributed by atoms with Crippen molar-refractivity contribution in [3.63, 3.8) is 0 Å². The summed E-state index contributed by atoms with van der Waals surface area (Å²) in [5.41, 5.74) is 2.63. The summed E-state index contributed by atoms with van der Waals surface area (Å²) >= 11 is 3.53. The molecule has 0 spiro atoms. The third-order valence-corrected chi connectivity index (χ3v) is 6.26. The molecule has 0 N–H and O–H groups in total. The summed E-state index contributed by atoms with van der Waals surface area (Å²) in [5, 5.41) is 2.13. The van der Waals surface area contributed by atoms with Gasteiger partial charge in [-0.2, -0.15) is 0 Å². The Morgan fingerprint density at radius 1 is 1.12 bits per heavy atom. The number of nitrogens with zero attached hydrogens (tertiary/aromatic N) is 2. The van der Waals surface area contributed by atoms with Crippen molar-refractivity contribution in [3.05, 3.63) is 57.8 Å². The van der Waals surface area contributed by atoms with Crippen LogP contribution >= 0.6 is 23.1 Å². The first-order chi connectivity index (χ1) is 11.7. The molecule has 1 aromatic carbocycles. The van der Waals surface area contributed by atoms with Crippen LogP contribution < -0.4 is 0 Å². The van der Waals surface area contributed by atoms with Crippen LogP contribution in [0.1, 0.15) is 16.0 Å². The molecule has 1 saturated heterocycles. The molecular weight excluding hydrogens is 336 g/mol. The summed E-state index contributed by atoms with van der Waals surface area (Å²) in [6.07, 6.45) is 0. The van der Waals surface area contributed by atoms with Crippen LogP contribution in [0.3, 0.4) is 0 Å². The number of carbonyl (C=O) groups is 1. The molecule has 0 saturated carbocycles. The van der Waals surface area contributed by atoms with Gasteiger partial charge in [0.1, 0.15) is 0 Å². The van der Waals surface area contributed by atoms with Gasteiger partial charge in [-0.1, -0.05) is 30.3 Å². The highest BCUT2D eigenvalue weighted by atomic mass is 32.2. The van der Waals surface area contributed by atoms with E-state index in [-0.39, 0.29) is 5.91 Å². The third kappa shape index (κ3) is 4.85. The van der Waals surface area contributed by atoms with E-state index < -0.39 is 0 Å². The van der Waals surface area contributed by atoms with Gasteiger partial charge in [0.25, 0.3) is 0 Å². The van der Waals surface area contributed by atoms with E-state index in [1.165, 1.54) is 16.0 Å². The fourth-order valence-corrected chi connectivity index (χ4v) is 4.64. The van der Waals surface area contributed by atoms with E-state index in [0.717, 1.165) is 38.5 Å². The second-order valence-electron chi connectivity index (χ2n) is 6.16. The highest BCUT2D eigenvalue weighted by Crippen LogP contribution is 2.17. The quantitative estimate of drug-likeness (QED) is 0.786. The summed E-state index contributed by atoms with van der Waals surface area (Å²) in [6.45, 7) is 6.81. The molecule has 2 heterocycles. The Labute approximate surface area is 152 Å². The molecule has 2 aromatic rings. The maximum Gasteiger partial charge on any atom is 0.232 e. The largest absolute Gasteiger partial charge is 0.339 e. The number of piperazine rings is 1. The SMILES string of the molecule is Cc1ccccc1CSCC(=O)N1CCN(Cc2cccs2)CC1. The first kappa shape index (κ1) is 17.5. The Morgan fingerprint density at radius 2 is 1.92 bits per heavy atom. The Balaban J connectivity index is 1.38.